The van der Waals surface area contributed by atoms with Crippen molar-refractivity contribution in [1.82, 2.24) is 19.5 Å². The number of nitrogens with zero attached hydrogens (tertiary/aromatic N) is 4. The van der Waals surface area contributed by atoms with E-state index in [-0.39, 0.29) is 41.5 Å². The molecule has 0 spiro atoms. The first-order valence-corrected chi connectivity index (χ1v) is 13.1. The van der Waals surface area contributed by atoms with Gasteiger partial charge in [0, 0.05) is 36.2 Å². The molecular formula is C25H20F4N4O4S. The number of sulfonamides is 1. The van der Waals surface area contributed by atoms with Crippen molar-refractivity contribution in [3.63, 3.8) is 0 Å². The van der Waals surface area contributed by atoms with Gasteiger partial charge in [-0.05, 0) is 55.7 Å². The van der Waals surface area contributed by atoms with Crippen LogP contribution in [0.25, 0.3) is 22.2 Å². The van der Waals surface area contributed by atoms with Crippen molar-refractivity contribution in [3.05, 3.63) is 71.9 Å². The smallest absolute Gasteiger partial charge is 0.417 e. The van der Waals surface area contributed by atoms with Gasteiger partial charge in [-0.15, -0.1) is 0 Å². The summed E-state index contributed by atoms with van der Waals surface area (Å²) in [5.41, 5.74) is 0.444. The van der Waals surface area contributed by atoms with Crippen LogP contribution in [-0.2, 0) is 27.4 Å². The molecule has 1 fully saturated rings. The second kappa shape index (κ2) is 9.87. The van der Waals surface area contributed by atoms with Crippen LogP contribution < -0.4 is 0 Å². The van der Waals surface area contributed by atoms with Crippen LogP contribution in [0.2, 0.25) is 0 Å². The van der Waals surface area contributed by atoms with Crippen LogP contribution in [0.3, 0.4) is 0 Å². The number of aryl methyl sites for hydroxylation is 1. The molecule has 198 valence electrons. The Morgan fingerprint density at radius 2 is 1.92 bits per heavy atom. The molecule has 0 radical (unpaired) electrons. The second-order valence-electron chi connectivity index (χ2n) is 8.85. The van der Waals surface area contributed by atoms with Gasteiger partial charge in [0.15, 0.2) is 5.78 Å². The predicted octanol–water partition coefficient (Wildman–Crippen LogP) is 4.80. The number of alkyl halides is 3. The van der Waals surface area contributed by atoms with Crippen molar-refractivity contribution < 1.29 is 35.2 Å². The van der Waals surface area contributed by atoms with Gasteiger partial charge in [0.25, 0.3) is 10.0 Å². The number of rotatable bonds is 7. The summed E-state index contributed by atoms with van der Waals surface area (Å²) in [5, 5.41) is 7.78. The third kappa shape index (κ3) is 5.16. The van der Waals surface area contributed by atoms with Gasteiger partial charge in [-0.1, -0.05) is 0 Å². The van der Waals surface area contributed by atoms with Crippen molar-refractivity contribution in [2.24, 2.45) is 0 Å². The fourth-order valence-electron chi connectivity index (χ4n) is 4.41. The van der Waals surface area contributed by atoms with E-state index in [2.05, 4.69) is 15.2 Å². The highest BCUT2D eigenvalue weighted by molar-refractivity contribution is 7.89. The lowest BCUT2D eigenvalue weighted by Crippen LogP contribution is -2.40. The number of fused-ring (bicyclic) bond motifs is 1. The zero-order valence-corrected chi connectivity index (χ0v) is 20.5. The zero-order valence-electron chi connectivity index (χ0n) is 19.7. The molecule has 38 heavy (non-hydrogen) atoms. The molecule has 1 atom stereocenters. The number of furan rings is 1. The largest absolute Gasteiger partial charge is 0.443 e. The van der Waals surface area contributed by atoms with Crippen LogP contribution >= 0.6 is 0 Å². The van der Waals surface area contributed by atoms with Crippen LogP contribution in [-0.4, -0.2) is 46.3 Å². The molecule has 0 bridgehead atoms. The minimum Gasteiger partial charge on any atom is -0.443 e. The van der Waals surface area contributed by atoms with Crippen LogP contribution in [0.5, 0.6) is 0 Å². The number of benzene rings is 1. The monoisotopic (exact) mass is 548 g/mol. The first-order chi connectivity index (χ1) is 18.0. The van der Waals surface area contributed by atoms with Gasteiger partial charge in [0.1, 0.15) is 11.4 Å². The molecule has 0 unspecified atom stereocenters. The first kappa shape index (κ1) is 25.9. The van der Waals surface area contributed by atoms with E-state index < -0.39 is 33.6 Å². The standard InChI is InChI=1S/C25H20F4N4O4S/c26-18-4-8-23-15(10-18)12-24(37-23)38(35,36)33-9-1-2-21(33)22(34)7-5-19-11-16(13-31-32-19)20-6-3-17(14-30-20)25(27,28)29/h3-4,6,8,10-14,21H,1-2,5,7,9H2/t21-/m0/s1. The Morgan fingerprint density at radius 3 is 2.66 bits per heavy atom. The van der Waals surface area contributed by atoms with Crippen LogP contribution in [0.4, 0.5) is 17.6 Å². The molecule has 1 aliphatic rings. The molecule has 5 rings (SSSR count). The first-order valence-electron chi connectivity index (χ1n) is 11.6. The van der Waals surface area contributed by atoms with Gasteiger partial charge in [-0.25, -0.2) is 12.8 Å². The maximum atomic E-state index is 13.5. The highest BCUT2D eigenvalue weighted by Crippen LogP contribution is 2.32. The van der Waals surface area contributed by atoms with Gasteiger partial charge in [-0.3, -0.25) is 9.78 Å². The van der Waals surface area contributed by atoms with Crippen LogP contribution in [0.15, 0.2) is 64.4 Å². The summed E-state index contributed by atoms with van der Waals surface area (Å²) in [6.07, 6.45) is -1.47. The Hall–Kier alpha value is -3.71. The molecule has 1 saturated heterocycles. The summed E-state index contributed by atoms with van der Waals surface area (Å²) in [4.78, 5) is 16.9. The average Bonchev–Trinajstić information content (AvgIpc) is 3.55. The summed E-state index contributed by atoms with van der Waals surface area (Å²) >= 11 is 0. The summed E-state index contributed by atoms with van der Waals surface area (Å²) < 4.78 is 85.0. The summed E-state index contributed by atoms with van der Waals surface area (Å²) in [6.45, 7) is 0.138. The SMILES string of the molecule is O=C(CCc1cc(-c2ccc(C(F)(F)F)cn2)cnn1)[C@@H]1CCCN1S(=O)(=O)c1cc2cc(F)ccc2o1. The lowest BCUT2D eigenvalue weighted by molar-refractivity contribution is -0.137. The molecule has 4 heterocycles. The Morgan fingerprint density at radius 1 is 1.11 bits per heavy atom. The number of ketones is 1. The summed E-state index contributed by atoms with van der Waals surface area (Å²) in [6, 6.07) is 7.73. The predicted molar refractivity (Wildman–Crippen MR) is 127 cm³/mol. The number of carbonyl (C=O) groups excluding carboxylic acids is 1. The van der Waals surface area contributed by atoms with Crippen LogP contribution in [0, 0.1) is 5.82 Å². The minimum atomic E-state index is -4.50. The van der Waals surface area contributed by atoms with E-state index >= 15 is 0 Å². The number of halogens is 4. The van der Waals surface area contributed by atoms with Gasteiger partial charge in [-0.2, -0.15) is 27.7 Å². The quantitative estimate of drug-likeness (QED) is 0.306. The summed E-state index contributed by atoms with van der Waals surface area (Å²) in [5.74, 6) is -0.842. The molecule has 1 aromatic carbocycles. The van der Waals surface area contributed by atoms with E-state index in [1.807, 2.05) is 0 Å². The number of Topliss-reactive ketones (excluding diaryl/α,β-unsaturated/α-hetero) is 1. The van der Waals surface area contributed by atoms with Gasteiger partial charge in [0.2, 0.25) is 5.09 Å². The summed E-state index contributed by atoms with van der Waals surface area (Å²) in [7, 11) is -4.14. The lowest BCUT2D eigenvalue weighted by atomic mass is 10.0. The van der Waals surface area contributed by atoms with E-state index in [4.69, 9.17) is 4.42 Å². The zero-order chi connectivity index (χ0) is 27.1. The van der Waals surface area contributed by atoms with Gasteiger partial charge >= 0.3 is 6.18 Å². The maximum absolute atomic E-state index is 13.5. The Kier molecular flexibility index (Phi) is 6.73. The van der Waals surface area contributed by atoms with E-state index in [1.54, 1.807) is 6.07 Å². The highest BCUT2D eigenvalue weighted by atomic mass is 32.2. The molecule has 1 aliphatic heterocycles. The van der Waals surface area contributed by atoms with Crippen molar-refractivity contribution in [2.75, 3.05) is 6.54 Å². The number of aromatic nitrogens is 3. The van der Waals surface area contributed by atoms with Gasteiger partial charge < -0.3 is 4.42 Å². The molecule has 13 heteroatoms. The molecule has 4 aromatic rings. The third-order valence-corrected chi connectivity index (χ3v) is 8.08. The van der Waals surface area contributed by atoms with Crippen molar-refractivity contribution in [1.29, 1.82) is 0 Å². The Balaban J connectivity index is 1.28. The number of hydrogen-bond acceptors (Lipinski definition) is 7. The molecule has 8 nitrogen and oxygen atoms in total. The normalized spacial score (nSPS) is 16.8. The number of pyridine rings is 1. The van der Waals surface area contributed by atoms with Crippen molar-refractivity contribution in [3.8, 4) is 11.3 Å². The third-order valence-electron chi connectivity index (χ3n) is 6.31. The van der Waals surface area contributed by atoms with Gasteiger partial charge in [0.05, 0.1) is 29.2 Å². The second-order valence-corrected chi connectivity index (χ2v) is 10.7. The Bertz CT molecular complexity index is 1600. The van der Waals surface area contributed by atoms with E-state index in [9.17, 15) is 30.8 Å². The van der Waals surface area contributed by atoms with E-state index in [1.165, 1.54) is 30.5 Å². The maximum Gasteiger partial charge on any atom is 0.417 e. The Labute approximate surface area is 214 Å². The van der Waals surface area contributed by atoms with Crippen molar-refractivity contribution in [2.45, 2.75) is 43.0 Å². The van der Waals surface area contributed by atoms with E-state index in [0.717, 1.165) is 22.6 Å². The highest BCUT2D eigenvalue weighted by Gasteiger charge is 2.40. The molecule has 3 aromatic heterocycles. The van der Waals surface area contributed by atoms with Crippen LogP contribution in [0.1, 0.15) is 30.5 Å². The molecule has 0 N–H and O–H groups in total. The molecule has 0 aliphatic carbocycles. The molecule has 0 saturated carbocycles. The van der Waals surface area contributed by atoms with Crippen molar-refractivity contribution >= 4 is 26.8 Å². The lowest BCUT2D eigenvalue weighted by Gasteiger charge is -2.21. The average molecular weight is 549 g/mol. The molecule has 0 amide bonds. The van der Waals surface area contributed by atoms with E-state index in [0.29, 0.717) is 29.5 Å². The number of hydrogen-bond donors (Lipinski definition) is 0. The molecular weight excluding hydrogens is 528 g/mol. The minimum absolute atomic E-state index is 0.0272. The number of carbonyl (C=O) groups is 1. The fourth-order valence-corrected chi connectivity index (χ4v) is 6.04. The topological polar surface area (TPSA) is 106 Å². The fraction of sp³-hybridized carbons (Fsp3) is 0.280.